The van der Waals surface area contributed by atoms with Gasteiger partial charge in [-0.15, -0.1) is 0 Å². The highest BCUT2D eigenvalue weighted by Crippen LogP contribution is 2.37. The molecule has 0 atom stereocenters. The van der Waals surface area contributed by atoms with Crippen LogP contribution >= 0.6 is 0 Å². The molecule has 0 saturated heterocycles. The smallest absolute Gasteiger partial charge is 0.323 e. The number of carbonyl (C=O) groups is 1. The Morgan fingerprint density at radius 1 is 1.17 bits per heavy atom. The number of unbranched alkanes of at least 4 members (excludes halogenated alkanes) is 2. The fraction of sp³-hybridized carbons (Fsp3) is 0.440. The Kier molecular flexibility index (Phi) is 7.17. The van der Waals surface area contributed by atoms with Crippen molar-refractivity contribution in [3.8, 4) is 11.5 Å². The Morgan fingerprint density at radius 3 is 2.83 bits per heavy atom. The molecule has 4 aromatic heterocycles. The van der Waals surface area contributed by atoms with Crippen molar-refractivity contribution in [2.75, 3.05) is 17.2 Å². The van der Waals surface area contributed by atoms with Crippen LogP contribution in [0, 0.1) is 6.92 Å². The largest absolute Gasteiger partial charge is 0.396 e. The minimum atomic E-state index is -0.374. The molecule has 0 aliphatic heterocycles. The van der Waals surface area contributed by atoms with Gasteiger partial charge >= 0.3 is 6.03 Å². The molecule has 11 nitrogen and oxygen atoms in total. The predicted molar refractivity (Wildman–Crippen MR) is 134 cm³/mol. The molecule has 11 heteroatoms. The molecule has 5 rings (SSSR count). The quantitative estimate of drug-likeness (QED) is 0.291. The zero-order chi connectivity index (χ0) is 24.9. The van der Waals surface area contributed by atoms with Crippen molar-refractivity contribution < 1.29 is 14.4 Å². The lowest BCUT2D eigenvalue weighted by Crippen LogP contribution is -2.22. The van der Waals surface area contributed by atoms with Gasteiger partial charge in [-0.2, -0.15) is 10.1 Å². The van der Waals surface area contributed by atoms with Crippen LogP contribution in [0.15, 0.2) is 35.2 Å². The zero-order valence-electron chi connectivity index (χ0n) is 20.3. The monoisotopic (exact) mass is 490 g/mol. The number of nitrogens with zero attached hydrogens (tertiary/aromatic N) is 6. The number of fused-ring (bicyclic) bond motifs is 1. The van der Waals surface area contributed by atoms with E-state index < -0.39 is 0 Å². The molecule has 4 aromatic rings. The van der Waals surface area contributed by atoms with Gasteiger partial charge in [0.25, 0.3) is 0 Å². The highest BCUT2D eigenvalue weighted by Gasteiger charge is 2.24. The minimum Gasteiger partial charge on any atom is -0.396 e. The maximum Gasteiger partial charge on any atom is 0.323 e. The zero-order valence-corrected chi connectivity index (χ0v) is 20.3. The fourth-order valence-corrected chi connectivity index (χ4v) is 4.76. The van der Waals surface area contributed by atoms with Crippen molar-refractivity contribution in [2.45, 2.75) is 64.2 Å². The van der Waals surface area contributed by atoms with Gasteiger partial charge in [0.05, 0.1) is 35.7 Å². The maximum atomic E-state index is 12.9. The third-order valence-corrected chi connectivity index (χ3v) is 6.51. The predicted octanol–water partition coefficient (Wildman–Crippen LogP) is 4.49. The van der Waals surface area contributed by atoms with Crippen molar-refractivity contribution in [3.63, 3.8) is 0 Å². The minimum absolute atomic E-state index is 0.189. The Bertz CT molecular complexity index is 1340. The summed E-state index contributed by atoms with van der Waals surface area (Å²) in [6, 6.07) is 3.31. The molecule has 1 fully saturated rings. The molecule has 4 heterocycles. The SMILES string of the molecule is Cc1cc(NC(=O)Nc2cnc3ccnn3c2C2CCCC2)cnc1-c1noc(CCCCCO)n1. The van der Waals surface area contributed by atoms with Gasteiger partial charge < -0.3 is 20.3 Å². The van der Waals surface area contributed by atoms with Crippen LogP contribution in [0.1, 0.15) is 68.0 Å². The summed E-state index contributed by atoms with van der Waals surface area (Å²) >= 11 is 0. The number of aliphatic hydroxyl groups excluding tert-OH is 1. The molecule has 188 valence electrons. The fourth-order valence-electron chi connectivity index (χ4n) is 4.76. The molecular formula is C25H30N8O3. The van der Waals surface area contributed by atoms with Crippen LogP contribution in [0.3, 0.4) is 0 Å². The Balaban J connectivity index is 1.27. The van der Waals surface area contributed by atoms with Crippen LogP contribution in [0.25, 0.3) is 17.2 Å². The standard InChI is InChI=1S/C25H30N8O3/c1-16-13-18(14-27-22(16)24-31-21(36-32-24)9-3-2-6-12-34)29-25(35)30-19-15-26-20-10-11-28-33(20)23(19)17-7-4-5-8-17/h10-11,13-15,17,34H,2-9,12H2,1H3,(H2,29,30,35). The summed E-state index contributed by atoms with van der Waals surface area (Å²) in [6.07, 6.45) is 12.7. The number of anilines is 2. The number of nitrogens with one attached hydrogen (secondary N) is 2. The summed E-state index contributed by atoms with van der Waals surface area (Å²) in [4.78, 5) is 26.2. The van der Waals surface area contributed by atoms with E-state index in [1.54, 1.807) is 18.6 Å². The van der Waals surface area contributed by atoms with E-state index in [2.05, 4.69) is 35.8 Å². The summed E-state index contributed by atoms with van der Waals surface area (Å²) < 4.78 is 7.17. The van der Waals surface area contributed by atoms with Crippen molar-refractivity contribution in [2.24, 2.45) is 0 Å². The third-order valence-electron chi connectivity index (χ3n) is 6.51. The Labute approximate surface area is 208 Å². The molecule has 36 heavy (non-hydrogen) atoms. The lowest BCUT2D eigenvalue weighted by molar-refractivity contribution is 0.262. The number of carbonyl (C=O) groups excluding carboxylic acids is 1. The number of aryl methyl sites for hydroxylation is 2. The van der Waals surface area contributed by atoms with Crippen LogP contribution < -0.4 is 10.6 Å². The second kappa shape index (κ2) is 10.8. The topological polar surface area (TPSA) is 143 Å². The molecule has 2 amide bonds. The summed E-state index contributed by atoms with van der Waals surface area (Å²) in [5.74, 6) is 1.30. The number of aliphatic hydroxyl groups is 1. The van der Waals surface area contributed by atoms with Crippen molar-refractivity contribution >= 4 is 23.1 Å². The van der Waals surface area contributed by atoms with E-state index >= 15 is 0 Å². The van der Waals surface area contributed by atoms with Crippen LogP contribution in [0.4, 0.5) is 16.2 Å². The third kappa shape index (κ3) is 5.20. The lowest BCUT2D eigenvalue weighted by atomic mass is 10.0. The first kappa shape index (κ1) is 23.9. The van der Waals surface area contributed by atoms with Gasteiger partial charge in [-0.25, -0.2) is 14.3 Å². The first-order valence-electron chi connectivity index (χ1n) is 12.4. The number of rotatable bonds is 9. The van der Waals surface area contributed by atoms with Crippen LogP contribution in [-0.4, -0.2) is 47.5 Å². The van der Waals surface area contributed by atoms with Crippen molar-refractivity contribution in [3.05, 3.63) is 47.9 Å². The molecule has 0 aromatic carbocycles. The average molecular weight is 491 g/mol. The molecular weight excluding hydrogens is 460 g/mol. The van der Waals surface area contributed by atoms with Crippen molar-refractivity contribution in [1.29, 1.82) is 0 Å². The van der Waals surface area contributed by atoms with Gasteiger partial charge in [0, 0.05) is 25.0 Å². The second-order valence-electron chi connectivity index (χ2n) is 9.15. The number of urea groups is 1. The molecule has 3 N–H and O–H groups in total. The van der Waals surface area contributed by atoms with E-state index in [9.17, 15) is 4.79 Å². The summed E-state index contributed by atoms with van der Waals surface area (Å²) in [7, 11) is 0. The molecule has 0 spiro atoms. The summed E-state index contributed by atoms with van der Waals surface area (Å²) in [5, 5.41) is 23.2. The van der Waals surface area contributed by atoms with E-state index in [-0.39, 0.29) is 12.6 Å². The van der Waals surface area contributed by atoms with Crippen LogP contribution in [0.5, 0.6) is 0 Å². The van der Waals surface area contributed by atoms with Gasteiger partial charge in [0.1, 0.15) is 5.69 Å². The summed E-state index contributed by atoms with van der Waals surface area (Å²) in [6.45, 7) is 2.07. The number of hydrogen-bond donors (Lipinski definition) is 3. The van der Waals surface area contributed by atoms with Crippen LogP contribution in [-0.2, 0) is 6.42 Å². The average Bonchev–Trinajstić information content (AvgIpc) is 3.64. The number of pyridine rings is 1. The maximum absolute atomic E-state index is 12.9. The van der Waals surface area contributed by atoms with Gasteiger partial charge in [-0.05, 0) is 44.2 Å². The van der Waals surface area contributed by atoms with Crippen LogP contribution in [0.2, 0.25) is 0 Å². The van der Waals surface area contributed by atoms with E-state index in [0.717, 1.165) is 49.0 Å². The van der Waals surface area contributed by atoms with E-state index in [1.807, 2.05) is 23.6 Å². The molecule has 1 aliphatic carbocycles. The van der Waals surface area contributed by atoms with E-state index in [4.69, 9.17) is 9.63 Å². The molecule has 0 radical (unpaired) electrons. The van der Waals surface area contributed by atoms with Gasteiger partial charge in [0.15, 0.2) is 5.65 Å². The van der Waals surface area contributed by atoms with Crippen molar-refractivity contribution in [1.82, 2.24) is 29.7 Å². The first-order chi connectivity index (χ1) is 17.6. The molecule has 0 unspecified atom stereocenters. The van der Waals surface area contributed by atoms with E-state index in [0.29, 0.717) is 41.1 Å². The lowest BCUT2D eigenvalue weighted by Gasteiger charge is -2.17. The van der Waals surface area contributed by atoms with Gasteiger partial charge in [-0.1, -0.05) is 24.4 Å². The second-order valence-corrected chi connectivity index (χ2v) is 9.15. The normalized spacial score (nSPS) is 13.9. The van der Waals surface area contributed by atoms with Gasteiger partial charge in [0.2, 0.25) is 11.7 Å². The number of aromatic nitrogens is 6. The Morgan fingerprint density at radius 2 is 2.03 bits per heavy atom. The first-order valence-corrected chi connectivity index (χ1v) is 12.4. The molecule has 1 saturated carbocycles. The molecule has 1 aliphatic rings. The number of hydrogen-bond acceptors (Lipinski definition) is 8. The summed E-state index contributed by atoms with van der Waals surface area (Å²) in [5.41, 5.74) is 4.39. The number of amides is 2. The van der Waals surface area contributed by atoms with Gasteiger partial charge in [-0.3, -0.25) is 4.98 Å². The Hall–Kier alpha value is -3.86. The highest BCUT2D eigenvalue weighted by atomic mass is 16.5. The van der Waals surface area contributed by atoms with E-state index in [1.165, 1.54) is 12.8 Å². The molecule has 0 bridgehead atoms. The highest BCUT2D eigenvalue weighted by molar-refractivity contribution is 6.00.